The molecule has 0 unspecified atom stereocenters. The zero-order valence-corrected chi connectivity index (χ0v) is 12.4. The van der Waals surface area contributed by atoms with Crippen molar-refractivity contribution in [1.82, 2.24) is 18.6 Å². The molecule has 20 heavy (non-hydrogen) atoms. The molecule has 1 aromatic rings. The van der Waals surface area contributed by atoms with Gasteiger partial charge in [-0.3, -0.25) is 0 Å². The Balaban J connectivity index is 2.44. The molecule has 114 valence electrons. The topological polar surface area (TPSA) is 105 Å². The van der Waals surface area contributed by atoms with Gasteiger partial charge in [0.05, 0.1) is 6.33 Å². The Morgan fingerprint density at radius 3 is 2.80 bits per heavy atom. The quantitative estimate of drug-likeness (QED) is 0.675. The molecule has 0 amide bonds. The average molecular weight is 304 g/mol. The van der Waals surface area contributed by atoms with E-state index >= 15 is 0 Å². The van der Waals surface area contributed by atoms with Gasteiger partial charge in [-0.2, -0.15) is 12.7 Å². The van der Waals surface area contributed by atoms with E-state index in [1.807, 2.05) is 6.92 Å². The molecule has 0 radical (unpaired) electrons. The lowest BCUT2D eigenvalue weighted by Crippen LogP contribution is -2.39. The minimum atomic E-state index is -3.48. The molecule has 8 nitrogen and oxygen atoms in total. The molecule has 2 N–H and O–H groups in total. The summed E-state index contributed by atoms with van der Waals surface area (Å²) in [6.07, 6.45) is 4.45. The number of hydrogen-bond acceptors (Lipinski definition) is 4. The van der Waals surface area contributed by atoms with E-state index < -0.39 is 16.2 Å². The Hall–Kier alpha value is -1.45. The van der Waals surface area contributed by atoms with Gasteiger partial charge in [-0.25, -0.2) is 14.5 Å². The highest BCUT2D eigenvalue weighted by atomic mass is 32.2. The first-order valence-corrected chi connectivity index (χ1v) is 7.77. The summed E-state index contributed by atoms with van der Waals surface area (Å²) in [5, 5.41) is 8.71. The Bertz CT molecular complexity index is 540. The first kappa shape index (κ1) is 16.6. The first-order chi connectivity index (χ1) is 9.36. The van der Waals surface area contributed by atoms with Crippen LogP contribution in [0.3, 0.4) is 0 Å². The van der Waals surface area contributed by atoms with Crippen LogP contribution in [0, 0.1) is 0 Å². The molecular weight excluding hydrogens is 284 g/mol. The average Bonchev–Trinajstić information content (AvgIpc) is 2.84. The smallest absolute Gasteiger partial charge is 0.356 e. The van der Waals surface area contributed by atoms with Crippen LogP contribution < -0.4 is 4.72 Å². The van der Waals surface area contributed by atoms with Crippen molar-refractivity contribution in [2.75, 3.05) is 20.1 Å². The fraction of sp³-hybridized carbons (Fsp3) is 0.636. The van der Waals surface area contributed by atoms with Crippen LogP contribution in [0.1, 0.15) is 30.3 Å². The van der Waals surface area contributed by atoms with Crippen molar-refractivity contribution in [2.24, 2.45) is 0 Å². The van der Waals surface area contributed by atoms with E-state index in [4.69, 9.17) is 5.11 Å². The summed E-state index contributed by atoms with van der Waals surface area (Å²) in [6, 6.07) is 0. The van der Waals surface area contributed by atoms with Gasteiger partial charge in [0.2, 0.25) is 0 Å². The number of nitrogens with zero attached hydrogens (tertiary/aromatic N) is 3. The third kappa shape index (κ3) is 4.91. The standard InChI is InChI=1S/C11H20N4O4S/c1-3-4-6-14(2)20(18,19)13-5-7-15-8-10(11(16)17)12-9-15/h8-9,13H,3-7H2,1-2H3,(H,16,17). The van der Waals surface area contributed by atoms with E-state index in [9.17, 15) is 13.2 Å². The lowest BCUT2D eigenvalue weighted by molar-refractivity contribution is 0.0691. The van der Waals surface area contributed by atoms with Crippen LogP contribution in [-0.4, -0.2) is 53.5 Å². The minimum absolute atomic E-state index is 0.0621. The number of hydrogen-bond donors (Lipinski definition) is 2. The van der Waals surface area contributed by atoms with Crippen molar-refractivity contribution in [1.29, 1.82) is 0 Å². The van der Waals surface area contributed by atoms with Gasteiger partial charge in [-0.15, -0.1) is 0 Å². The van der Waals surface area contributed by atoms with E-state index in [-0.39, 0.29) is 12.2 Å². The summed E-state index contributed by atoms with van der Waals surface area (Å²) in [4.78, 5) is 14.3. The molecule has 0 spiro atoms. The van der Waals surface area contributed by atoms with Crippen molar-refractivity contribution >= 4 is 16.2 Å². The molecule has 0 saturated heterocycles. The molecule has 0 aliphatic rings. The number of nitrogens with one attached hydrogen (secondary N) is 1. The second-order valence-electron chi connectivity index (χ2n) is 4.38. The molecule has 0 aliphatic heterocycles. The molecule has 0 saturated carbocycles. The van der Waals surface area contributed by atoms with Crippen LogP contribution in [0.5, 0.6) is 0 Å². The van der Waals surface area contributed by atoms with Gasteiger partial charge in [0.15, 0.2) is 5.69 Å². The third-order valence-electron chi connectivity index (χ3n) is 2.74. The summed E-state index contributed by atoms with van der Waals surface area (Å²) in [6.45, 7) is 2.96. The van der Waals surface area contributed by atoms with Crippen molar-refractivity contribution in [3.63, 3.8) is 0 Å². The number of carbonyl (C=O) groups is 1. The van der Waals surface area contributed by atoms with Gasteiger partial charge in [0, 0.05) is 32.9 Å². The molecule has 9 heteroatoms. The van der Waals surface area contributed by atoms with Gasteiger partial charge in [0.25, 0.3) is 10.2 Å². The molecule has 0 aromatic carbocycles. The van der Waals surface area contributed by atoms with Crippen LogP contribution in [0.25, 0.3) is 0 Å². The van der Waals surface area contributed by atoms with Crippen molar-refractivity contribution < 1.29 is 18.3 Å². The summed E-state index contributed by atoms with van der Waals surface area (Å²) in [5.41, 5.74) is -0.0621. The molecule has 0 aliphatic carbocycles. The van der Waals surface area contributed by atoms with Crippen molar-refractivity contribution in [3.05, 3.63) is 18.2 Å². The molecule has 0 bridgehead atoms. The Morgan fingerprint density at radius 1 is 1.55 bits per heavy atom. The molecule has 1 heterocycles. The Kier molecular flexibility index (Phi) is 6.11. The maximum atomic E-state index is 11.8. The fourth-order valence-electron chi connectivity index (χ4n) is 1.51. The highest BCUT2D eigenvalue weighted by Gasteiger charge is 2.16. The fourth-order valence-corrected chi connectivity index (χ4v) is 2.45. The second kappa shape index (κ2) is 7.36. The number of carboxylic acids is 1. The lowest BCUT2D eigenvalue weighted by atomic mass is 10.3. The monoisotopic (exact) mass is 304 g/mol. The zero-order valence-electron chi connectivity index (χ0n) is 11.6. The summed E-state index contributed by atoms with van der Waals surface area (Å²) in [5.74, 6) is -1.11. The first-order valence-electron chi connectivity index (χ1n) is 6.32. The van der Waals surface area contributed by atoms with Crippen LogP contribution >= 0.6 is 0 Å². The molecule has 1 aromatic heterocycles. The van der Waals surface area contributed by atoms with Crippen LogP contribution in [-0.2, 0) is 16.8 Å². The number of rotatable bonds is 9. The zero-order chi connectivity index (χ0) is 15.2. The lowest BCUT2D eigenvalue weighted by Gasteiger charge is -2.17. The molecule has 0 fully saturated rings. The predicted octanol–water partition coefficient (Wildman–Crippen LogP) is 0.148. The summed E-state index contributed by atoms with van der Waals surface area (Å²) < 4.78 is 28.9. The Labute approximate surface area is 118 Å². The van der Waals surface area contributed by atoms with Gasteiger partial charge >= 0.3 is 5.97 Å². The summed E-state index contributed by atoms with van der Waals surface area (Å²) in [7, 11) is -1.95. The van der Waals surface area contributed by atoms with E-state index in [1.165, 1.54) is 28.4 Å². The SMILES string of the molecule is CCCCN(C)S(=O)(=O)NCCn1cnc(C(=O)O)c1. The summed E-state index contributed by atoms with van der Waals surface area (Å²) >= 11 is 0. The maximum Gasteiger partial charge on any atom is 0.356 e. The van der Waals surface area contributed by atoms with Crippen LogP contribution in [0.15, 0.2) is 12.5 Å². The van der Waals surface area contributed by atoms with Crippen LogP contribution in [0.4, 0.5) is 0 Å². The largest absolute Gasteiger partial charge is 0.476 e. The maximum absolute atomic E-state index is 11.8. The van der Waals surface area contributed by atoms with E-state index in [0.717, 1.165) is 12.8 Å². The number of carboxylic acid groups (broad SMARTS) is 1. The van der Waals surface area contributed by atoms with E-state index in [2.05, 4.69) is 9.71 Å². The van der Waals surface area contributed by atoms with E-state index in [1.54, 1.807) is 0 Å². The minimum Gasteiger partial charge on any atom is -0.476 e. The molecule has 1 rings (SSSR count). The number of unbranched alkanes of at least 4 members (excludes halogenated alkanes) is 1. The predicted molar refractivity (Wildman–Crippen MR) is 73.6 cm³/mol. The molecular formula is C11H20N4O4S. The molecule has 0 atom stereocenters. The van der Waals surface area contributed by atoms with Crippen molar-refractivity contribution in [3.8, 4) is 0 Å². The Morgan fingerprint density at radius 2 is 2.25 bits per heavy atom. The van der Waals surface area contributed by atoms with Gasteiger partial charge in [-0.05, 0) is 6.42 Å². The van der Waals surface area contributed by atoms with Crippen molar-refractivity contribution in [2.45, 2.75) is 26.3 Å². The normalized spacial score (nSPS) is 11.9. The highest BCUT2D eigenvalue weighted by Crippen LogP contribution is 1.99. The number of aromatic nitrogens is 2. The third-order valence-corrected chi connectivity index (χ3v) is 4.32. The van der Waals surface area contributed by atoms with Crippen LogP contribution in [0.2, 0.25) is 0 Å². The second-order valence-corrected chi connectivity index (χ2v) is 6.24. The van der Waals surface area contributed by atoms with Gasteiger partial charge < -0.3 is 9.67 Å². The number of aromatic carboxylic acids is 1. The van der Waals surface area contributed by atoms with Gasteiger partial charge in [0.1, 0.15) is 0 Å². The van der Waals surface area contributed by atoms with Gasteiger partial charge in [-0.1, -0.05) is 13.3 Å². The highest BCUT2D eigenvalue weighted by molar-refractivity contribution is 7.87. The van der Waals surface area contributed by atoms with E-state index in [0.29, 0.717) is 13.1 Å². The number of imidazole rings is 1.